The van der Waals surface area contributed by atoms with Gasteiger partial charge in [-0.25, -0.2) is 12.4 Å². The van der Waals surface area contributed by atoms with Crippen LogP contribution in [0.25, 0.3) is 21.8 Å². The molecule has 0 aliphatic carbocycles. The Hall–Kier alpha value is -2.90. The van der Waals surface area contributed by atoms with Crippen LogP contribution in [-0.2, 0) is 10.0 Å². The molecular weight excluding hydrogens is 362 g/mol. The van der Waals surface area contributed by atoms with Crippen molar-refractivity contribution < 1.29 is 13.2 Å². The second-order valence-corrected chi connectivity index (χ2v) is 7.87. The summed E-state index contributed by atoms with van der Waals surface area (Å²) in [7, 11) is -1.95. The van der Waals surface area contributed by atoms with E-state index in [-0.39, 0.29) is 4.90 Å². The van der Waals surface area contributed by atoms with E-state index in [2.05, 4.69) is 10.3 Å². The number of aromatic nitrogens is 2. The Morgan fingerprint density at radius 2 is 1.89 bits per heavy atom. The maximum atomic E-state index is 13.4. The third-order valence-corrected chi connectivity index (χ3v) is 6.12. The highest BCUT2D eigenvalue weighted by molar-refractivity contribution is 7.90. The number of pyridine rings is 1. The second-order valence-electron chi connectivity index (χ2n) is 6.09. The van der Waals surface area contributed by atoms with Crippen molar-refractivity contribution in [2.24, 2.45) is 0 Å². The van der Waals surface area contributed by atoms with Gasteiger partial charge in [-0.3, -0.25) is 4.98 Å². The van der Waals surface area contributed by atoms with Crippen molar-refractivity contribution in [3.05, 3.63) is 67.0 Å². The summed E-state index contributed by atoms with van der Waals surface area (Å²) < 4.78 is 33.8. The molecule has 1 N–H and O–H groups in total. The van der Waals surface area contributed by atoms with E-state index in [9.17, 15) is 8.42 Å². The molecule has 0 spiro atoms. The van der Waals surface area contributed by atoms with E-state index in [4.69, 9.17) is 4.74 Å². The van der Waals surface area contributed by atoms with Crippen LogP contribution in [0.2, 0.25) is 0 Å². The third-order valence-electron chi connectivity index (χ3n) is 4.40. The monoisotopic (exact) mass is 381 g/mol. The average molecular weight is 381 g/mol. The molecule has 2 aromatic carbocycles. The van der Waals surface area contributed by atoms with Crippen LogP contribution < -0.4 is 10.1 Å². The van der Waals surface area contributed by atoms with Gasteiger partial charge in [0.2, 0.25) is 0 Å². The van der Waals surface area contributed by atoms with E-state index in [0.717, 1.165) is 10.8 Å². The van der Waals surface area contributed by atoms with Gasteiger partial charge in [0.05, 0.1) is 11.0 Å². The van der Waals surface area contributed by atoms with Gasteiger partial charge in [0.25, 0.3) is 10.0 Å². The van der Waals surface area contributed by atoms with Crippen molar-refractivity contribution >= 4 is 31.8 Å². The van der Waals surface area contributed by atoms with Crippen molar-refractivity contribution in [3.63, 3.8) is 0 Å². The van der Waals surface area contributed by atoms with Crippen LogP contribution in [0.5, 0.6) is 5.75 Å². The second kappa shape index (κ2) is 7.02. The molecule has 6 nitrogen and oxygen atoms in total. The summed E-state index contributed by atoms with van der Waals surface area (Å²) >= 11 is 0. The van der Waals surface area contributed by atoms with Crippen molar-refractivity contribution in [3.8, 4) is 5.75 Å². The van der Waals surface area contributed by atoms with Gasteiger partial charge >= 0.3 is 0 Å². The molecule has 27 heavy (non-hydrogen) atoms. The van der Waals surface area contributed by atoms with E-state index >= 15 is 0 Å². The first-order valence-electron chi connectivity index (χ1n) is 8.60. The number of fused-ring (bicyclic) bond motifs is 2. The predicted octanol–water partition coefficient (Wildman–Crippen LogP) is 3.02. The van der Waals surface area contributed by atoms with Crippen LogP contribution >= 0.6 is 0 Å². The fourth-order valence-corrected chi connectivity index (χ4v) is 4.62. The Bertz CT molecular complexity index is 1210. The lowest BCUT2D eigenvalue weighted by atomic mass is 10.2. The maximum absolute atomic E-state index is 13.4. The highest BCUT2D eigenvalue weighted by Crippen LogP contribution is 2.30. The minimum atomic E-state index is -3.80. The molecule has 0 fully saturated rings. The van der Waals surface area contributed by atoms with Crippen LogP contribution in [-0.4, -0.2) is 37.6 Å². The van der Waals surface area contributed by atoms with Gasteiger partial charge in [-0.05, 0) is 37.4 Å². The molecule has 0 saturated heterocycles. The largest absolute Gasteiger partial charge is 0.492 e. The molecule has 2 heterocycles. The minimum absolute atomic E-state index is 0.180. The van der Waals surface area contributed by atoms with E-state index in [1.807, 2.05) is 25.2 Å². The first-order chi connectivity index (χ1) is 13.1. The van der Waals surface area contributed by atoms with Gasteiger partial charge in [-0.2, -0.15) is 0 Å². The molecule has 4 aromatic rings. The van der Waals surface area contributed by atoms with Crippen LogP contribution in [0.15, 0.2) is 71.9 Å². The summed E-state index contributed by atoms with van der Waals surface area (Å²) in [5.74, 6) is 0.660. The topological polar surface area (TPSA) is 73.2 Å². The van der Waals surface area contributed by atoms with E-state index in [1.54, 1.807) is 48.8 Å². The van der Waals surface area contributed by atoms with Gasteiger partial charge in [-0.1, -0.05) is 24.3 Å². The Morgan fingerprint density at radius 3 is 2.74 bits per heavy atom. The molecule has 0 amide bonds. The predicted molar refractivity (Wildman–Crippen MR) is 106 cm³/mol. The van der Waals surface area contributed by atoms with Gasteiger partial charge < -0.3 is 10.1 Å². The van der Waals surface area contributed by atoms with Gasteiger partial charge in [0.15, 0.2) is 0 Å². The van der Waals surface area contributed by atoms with E-state index in [1.165, 1.54) is 3.97 Å². The SMILES string of the molecule is CNCCOc1cccc2c1ccn2S(=O)(=O)c1cccc2cccnc12. The van der Waals surface area contributed by atoms with E-state index < -0.39 is 10.0 Å². The first kappa shape index (κ1) is 17.5. The number of nitrogens with one attached hydrogen (secondary N) is 1. The first-order valence-corrected chi connectivity index (χ1v) is 10.0. The Morgan fingerprint density at radius 1 is 1.07 bits per heavy atom. The van der Waals surface area contributed by atoms with Crippen LogP contribution in [0.1, 0.15) is 0 Å². The van der Waals surface area contributed by atoms with E-state index in [0.29, 0.717) is 29.9 Å². The zero-order valence-electron chi connectivity index (χ0n) is 14.8. The Kier molecular flexibility index (Phi) is 4.55. The van der Waals surface area contributed by atoms with Gasteiger partial charge in [0.1, 0.15) is 17.3 Å². The van der Waals surface area contributed by atoms with Crippen molar-refractivity contribution in [1.82, 2.24) is 14.3 Å². The number of para-hydroxylation sites is 1. The molecule has 0 aliphatic heterocycles. The third kappa shape index (κ3) is 3.05. The lowest BCUT2D eigenvalue weighted by Gasteiger charge is -2.11. The van der Waals surface area contributed by atoms with Gasteiger partial charge in [0, 0.05) is 29.7 Å². The van der Waals surface area contributed by atoms with Crippen molar-refractivity contribution in [1.29, 1.82) is 0 Å². The maximum Gasteiger partial charge on any atom is 0.270 e. The fraction of sp³-hybridized carbons (Fsp3) is 0.150. The van der Waals surface area contributed by atoms with Crippen LogP contribution in [0, 0.1) is 0 Å². The summed E-state index contributed by atoms with van der Waals surface area (Å²) in [5.41, 5.74) is 1.04. The molecule has 0 unspecified atom stereocenters. The molecule has 138 valence electrons. The summed E-state index contributed by atoms with van der Waals surface area (Å²) in [4.78, 5) is 4.46. The van der Waals surface area contributed by atoms with Crippen molar-refractivity contribution in [2.75, 3.05) is 20.2 Å². The zero-order valence-corrected chi connectivity index (χ0v) is 15.6. The number of benzene rings is 2. The minimum Gasteiger partial charge on any atom is -0.492 e. The number of hydrogen-bond donors (Lipinski definition) is 1. The van der Waals surface area contributed by atoms with Crippen LogP contribution in [0.4, 0.5) is 0 Å². The summed E-state index contributed by atoms with van der Waals surface area (Å²) in [6, 6.07) is 16.0. The van der Waals surface area contributed by atoms with Crippen molar-refractivity contribution in [2.45, 2.75) is 4.90 Å². The summed E-state index contributed by atoms with van der Waals surface area (Å²) in [6.45, 7) is 1.21. The number of hydrogen-bond acceptors (Lipinski definition) is 5. The molecular formula is C20H19N3O3S. The normalized spacial score (nSPS) is 11.9. The Labute approximate surface area is 157 Å². The molecule has 0 bridgehead atoms. The van der Waals surface area contributed by atoms with Gasteiger partial charge in [-0.15, -0.1) is 0 Å². The lowest BCUT2D eigenvalue weighted by molar-refractivity contribution is 0.322. The highest BCUT2D eigenvalue weighted by Gasteiger charge is 2.22. The fourth-order valence-electron chi connectivity index (χ4n) is 3.10. The molecule has 0 atom stereocenters. The average Bonchev–Trinajstić information content (AvgIpc) is 3.13. The standard InChI is InChI=1S/C20H19N3O3S/c1-21-12-14-26-18-8-3-7-17-16(18)10-13-23(17)27(24,25)19-9-2-5-15-6-4-11-22-20(15)19/h2-11,13,21H,12,14H2,1H3. The molecule has 2 aromatic heterocycles. The summed E-state index contributed by atoms with van der Waals surface area (Å²) in [6.07, 6.45) is 3.16. The quantitative estimate of drug-likeness (QED) is 0.520. The number of nitrogens with zero attached hydrogens (tertiary/aromatic N) is 2. The molecule has 4 rings (SSSR count). The molecule has 0 radical (unpaired) electrons. The molecule has 0 saturated carbocycles. The molecule has 7 heteroatoms. The zero-order chi connectivity index (χ0) is 18.9. The number of ether oxygens (including phenoxy) is 1. The smallest absolute Gasteiger partial charge is 0.270 e. The summed E-state index contributed by atoms with van der Waals surface area (Å²) in [5, 5.41) is 4.56. The van der Waals surface area contributed by atoms with Crippen LogP contribution in [0.3, 0.4) is 0 Å². The highest BCUT2D eigenvalue weighted by atomic mass is 32.2. The number of likely N-dealkylation sites (N-methyl/N-ethyl adjacent to an activating group) is 1. The lowest BCUT2D eigenvalue weighted by Crippen LogP contribution is -2.16. The number of rotatable bonds is 6. The molecule has 0 aliphatic rings. The Balaban J connectivity index is 1.85.